The third-order valence-corrected chi connectivity index (χ3v) is 13.1. The number of allylic oxidation sites excluding steroid dienone is 1. The molecule has 5 atom stereocenters. The van der Waals surface area contributed by atoms with Crippen molar-refractivity contribution in [2.75, 3.05) is 6.54 Å². The minimum Gasteiger partial charge on any atom is -0.472 e. The Morgan fingerprint density at radius 3 is 2.48 bits per heavy atom. The maximum Gasteiger partial charge on any atom is 0.307 e. The van der Waals surface area contributed by atoms with E-state index in [-0.39, 0.29) is 31.7 Å². The third kappa shape index (κ3) is 7.59. The number of sulfonamides is 1. The summed E-state index contributed by atoms with van der Waals surface area (Å²) in [6.07, 6.45) is 7.66. The number of aromatic nitrogens is 1. The van der Waals surface area contributed by atoms with Gasteiger partial charge in [-0.05, 0) is 77.5 Å². The zero-order chi connectivity index (χ0) is 39.4. The highest BCUT2D eigenvalue weighted by molar-refractivity contribution is 7.91. The summed E-state index contributed by atoms with van der Waals surface area (Å²) in [5, 5.41) is 4.60. The van der Waals surface area contributed by atoms with E-state index in [1.54, 1.807) is 20.8 Å². The Hall–Kier alpha value is -4.98. The molecule has 13 nitrogen and oxygen atoms in total. The summed E-state index contributed by atoms with van der Waals surface area (Å²) in [5.74, 6) is -3.13. The van der Waals surface area contributed by atoms with Gasteiger partial charge in [-0.1, -0.05) is 55.3 Å². The van der Waals surface area contributed by atoms with Crippen LogP contribution in [0.4, 0.5) is 0 Å². The molecule has 2 aliphatic heterocycles. The number of nitrogens with one attached hydrogen (secondary N) is 2. The third-order valence-electron chi connectivity index (χ3n) is 11.2. The van der Waals surface area contributed by atoms with Crippen molar-refractivity contribution in [1.82, 2.24) is 19.9 Å². The number of para-hydroxylation sites is 1. The van der Waals surface area contributed by atoms with E-state index in [9.17, 15) is 27.6 Å². The molecule has 56 heavy (non-hydrogen) atoms. The first kappa shape index (κ1) is 37.9. The van der Waals surface area contributed by atoms with Gasteiger partial charge in [0.1, 0.15) is 34.4 Å². The molecule has 3 fully saturated rings. The molecule has 0 spiro atoms. The number of fused-ring (bicyclic) bond motifs is 7. The lowest BCUT2D eigenvalue weighted by Gasteiger charge is -2.30. The Morgan fingerprint density at radius 1 is 1.00 bits per heavy atom. The highest BCUT2D eigenvalue weighted by atomic mass is 32.2. The molecule has 0 bridgehead atoms. The molecule has 1 saturated heterocycles. The number of carbonyl (C=O) groups is 4. The topological polar surface area (TPSA) is 174 Å². The van der Waals surface area contributed by atoms with Crippen LogP contribution in [0.1, 0.15) is 85.0 Å². The first-order chi connectivity index (χ1) is 26.7. The first-order valence-corrected chi connectivity index (χ1v) is 21.2. The van der Waals surface area contributed by atoms with Crippen molar-refractivity contribution in [3.05, 3.63) is 60.7 Å². The lowest BCUT2D eigenvalue weighted by atomic mass is 9.95. The molecule has 8 rings (SSSR count). The minimum absolute atomic E-state index is 0.0144. The zero-order valence-electron chi connectivity index (χ0n) is 31.9. The number of carbonyl (C=O) groups excluding carboxylic acids is 4. The summed E-state index contributed by atoms with van der Waals surface area (Å²) >= 11 is 0. The van der Waals surface area contributed by atoms with Crippen LogP contribution in [0.25, 0.3) is 32.8 Å². The minimum atomic E-state index is -3.89. The molecule has 0 radical (unpaired) electrons. The molecule has 2 aromatic heterocycles. The van der Waals surface area contributed by atoms with Gasteiger partial charge in [0.25, 0.3) is 5.91 Å². The molecule has 14 heteroatoms. The normalized spacial score (nSPS) is 26.8. The van der Waals surface area contributed by atoms with E-state index in [2.05, 4.69) is 10.0 Å². The van der Waals surface area contributed by atoms with Crippen LogP contribution in [0.3, 0.4) is 0 Å². The first-order valence-electron chi connectivity index (χ1n) is 19.7. The van der Waals surface area contributed by atoms with Gasteiger partial charge in [-0.15, -0.1) is 0 Å². The number of pyridine rings is 1. The van der Waals surface area contributed by atoms with Crippen LogP contribution in [0, 0.1) is 11.8 Å². The number of nitrogens with zero attached hydrogens (tertiary/aromatic N) is 2. The number of hydrogen-bond donors (Lipinski definition) is 2. The molecule has 4 heterocycles. The van der Waals surface area contributed by atoms with Crippen molar-refractivity contribution in [3.63, 3.8) is 0 Å². The average molecular weight is 785 g/mol. The summed E-state index contributed by atoms with van der Waals surface area (Å²) in [6, 6.07) is 14.1. The number of rotatable bonds is 7. The number of benzene rings is 2. The van der Waals surface area contributed by atoms with E-state index < -0.39 is 68.2 Å². The second kappa shape index (κ2) is 14.5. The van der Waals surface area contributed by atoms with Crippen LogP contribution >= 0.6 is 0 Å². The lowest BCUT2D eigenvalue weighted by molar-refractivity contribution is -0.159. The van der Waals surface area contributed by atoms with Crippen LogP contribution in [-0.2, 0) is 33.9 Å². The molecule has 296 valence electrons. The van der Waals surface area contributed by atoms with Crippen molar-refractivity contribution in [1.29, 1.82) is 0 Å². The number of furan rings is 1. The van der Waals surface area contributed by atoms with Crippen molar-refractivity contribution in [3.8, 4) is 5.88 Å². The number of amides is 3. The maximum absolute atomic E-state index is 14.7. The predicted octanol–water partition coefficient (Wildman–Crippen LogP) is 5.83. The lowest BCUT2D eigenvalue weighted by Crippen LogP contribution is -2.57. The van der Waals surface area contributed by atoms with Gasteiger partial charge >= 0.3 is 5.97 Å². The van der Waals surface area contributed by atoms with Crippen LogP contribution in [0.5, 0.6) is 5.88 Å². The Kier molecular flexibility index (Phi) is 9.82. The molecular formula is C42H48N4O9S. The van der Waals surface area contributed by atoms with E-state index in [0.29, 0.717) is 60.1 Å². The molecule has 2 aliphatic carbocycles. The standard InChI is InChI=1S/C42H48N4O9S/c1-41(2,3)55-34(47)21-25-13-7-5-4-6-8-14-26-23-42(26,40(50)45-56(51,52)28-19-20-28)44-37(48)32-22-27(24-46(32)39(25)49)53-38-30-16-10-9-15-29(30)36-35(43-38)31-17-11-12-18-33(31)54-36/h8-12,14-18,25-28,32H,4-7,13,19-24H2,1-3H3,(H,44,48)(H,45,50)/b14-8-/t25-,26-,27-,32+,42-/m1/s1. The molecule has 2 N–H and O–H groups in total. The van der Waals surface area contributed by atoms with Crippen LogP contribution in [0.2, 0.25) is 0 Å². The van der Waals surface area contributed by atoms with Gasteiger partial charge in [0.05, 0.1) is 18.2 Å². The van der Waals surface area contributed by atoms with E-state index in [4.69, 9.17) is 18.9 Å². The summed E-state index contributed by atoms with van der Waals surface area (Å²) in [4.78, 5) is 62.5. The van der Waals surface area contributed by atoms with Gasteiger partial charge in [0.2, 0.25) is 27.7 Å². The van der Waals surface area contributed by atoms with Crippen molar-refractivity contribution >= 4 is 66.6 Å². The summed E-state index contributed by atoms with van der Waals surface area (Å²) in [5.41, 5.74) is -0.326. The van der Waals surface area contributed by atoms with Gasteiger partial charge in [-0.3, -0.25) is 23.9 Å². The summed E-state index contributed by atoms with van der Waals surface area (Å²) < 4.78 is 46.5. The fraction of sp³-hybridized carbons (Fsp3) is 0.500. The fourth-order valence-corrected chi connectivity index (χ4v) is 9.53. The summed E-state index contributed by atoms with van der Waals surface area (Å²) in [6.45, 7) is 5.33. The number of hydrogen-bond acceptors (Lipinski definition) is 10. The Morgan fingerprint density at radius 2 is 1.73 bits per heavy atom. The van der Waals surface area contributed by atoms with E-state index >= 15 is 0 Å². The highest BCUT2D eigenvalue weighted by Gasteiger charge is 2.62. The van der Waals surface area contributed by atoms with Crippen LogP contribution in [0.15, 0.2) is 65.1 Å². The number of esters is 1. The smallest absolute Gasteiger partial charge is 0.307 e. The molecule has 0 unspecified atom stereocenters. The highest BCUT2D eigenvalue weighted by Crippen LogP contribution is 2.46. The molecule has 2 aromatic carbocycles. The predicted molar refractivity (Wildman–Crippen MR) is 209 cm³/mol. The molecule has 4 aromatic rings. The van der Waals surface area contributed by atoms with Crippen LogP contribution in [-0.4, -0.2) is 77.1 Å². The Labute approximate surface area is 325 Å². The van der Waals surface area contributed by atoms with Gasteiger partial charge < -0.3 is 24.1 Å². The molecule has 4 aliphatic rings. The van der Waals surface area contributed by atoms with Crippen LogP contribution < -0.4 is 14.8 Å². The van der Waals surface area contributed by atoms with Gasteiger partial charge in [0, 0.05) is 34.4 Å². The largest absolute Gasteiger partial charge is 0.472 e. The molecule has 3 amide bonds. The quantitative estimate of drug-likeness (QED) is 0.171. The SMILES string of the molecule is CC(C)(C)OC(=O)C[C@H]1CCCCC/C=C\[C@@H]2C[C@@]2(C(=O)NS(=O)(=O)C2CC2)NC(=O)[C@@H]2C[C@@H](Oc3nc4c5ccccc5oc4c4ccccc34)CN2C1=O. The Balaban J connectivity index is 1.14. The summed E-state index contributed by atoms with van der Waals surface area (Å²) in [7, 11) is -3.89. The molecule has 2 saturated carbocycles. The van der Waals surface area contributed by atoms with Crippen molar-refractivity contribution in [2.45, 2.75) is 114 Å². The van der Waals surface area contributed by atoms with E-state index in [1.165, 1.54) is 4.90 Å². The van der Waals surface area contributed by atoms with Gasteiger partial charge in [-0.25, -0.2) is 13.4 Å². The Bertz CT molecular complexity index is 2360. The number of ether oxygens (including phenoxy) is 2. The monoisotopic (exact) mass is 784 g/mol. The van der Waals surface area contributed by atoms with Crippen molar-refractivity contribution in [2.24, 2.45) is 11.8 Å². The van der Waals surface area contributed by atoms with Crippen molar-refractivity contribution < 1.29 is 41.5 Å². The van der Waals surface area contributed by atoms with Gasteiger partial charge in [0.15, 0.2) is 5.58 Å². The second-order valence-corrected chi connectivity index (χ2v) is 18.7. The van der Waals surface area contributed by atoms with E-state index in [1.807, 2.05) is 60.7 Å². The van der Waals surface area contributed by atoms with Gasteiger partial charge in [-0.2, -0.15) is 0 Å². The fourth-order valence-electron chi connectivity index (χ4n) is 8.17. The second-order valence-electron chi connectivity index (χ2n) is 16.7. The zero-order valence-corrected chi connectivity index (χ0v) is 32.7. The molecular weight excluding hydrogens is 737 g/mol. The van der Waals surface area contributed by atoms with E-state index in [0.717, 1.165) is 23.6 Å². The maximum atomic E-state index is 14.7. The average Bonchev–Trinajstić information content (AvgIpc) is 4.05.